The van der Waals surface area contributed by atoms with Gasteiger partial charge in [-0.2, -0.15) is 4.89 Å². The van der Waals surface area contributed by atoms with Crippen molar-refractivity contribution in [3.8, 4) is 11.5 Å². The van der Waals surface area contributed by atoms with E-state index in [1.54, 1.807) is 30.3 Å². The predicted molar refractivity (Wildman–Crippen MR) is 78.3 cm³/mol. The Kier molecular flexibility index (Phi) is 4.56. The minimum absolute atomic E-state index is 0.261. The highest BCUT2D eigenvalue weighted by Crippen LogP contribution is 2.55. The third-order valence-electron chi connectivity index (χ3n) is 2.34. The molecule has 0 aliphatic rings. The van der Waals surface area contributed by atoms with E-state index in [2.05, 4.69) is 6.58 Å². The lowest BCUT2D eigenvalue weighted by Crippen LogP contribution is -2.10. The van der Waals surface area contributed by atoms with Gasteiger partial charge in [-0.3, -0.25) is 9.05 Å². The number of hydrogen-bond acceptors (Lipinski definition) is 3. The van der Waals surface area contributed by atoms with E-state index >= 15 is 0 Å². The standard InChI is InChI=1S/C15H16O3P/c1-2-13-19(16,17-14-9-5-3-6-10-14)18-15-11-7-4-8-12-15/h2-12,16H,1,13H2/q+1. The van der Waals surface area contributed by atoms with E-state index in [0.717, 1.165) is 0 Å². The second-order valence-corrected chi connectivity index (χ2v) is 5.92. The molecule has 0 bridgehead atoms. The molecule has 0 saturated carbocycles. The van der Waals surface area contributed by atoms with Crippen LogP contribution in [0.2, 0.25) is 0 Å². The molecule has 2 aromatic carbocycles. The van der Waals surface area contributed by atoms with Crippen molar-refractivity contribution >= 4 is 7.94 Å². The van der Waals surface area contributed by atoms with Gasteiger partial charge < -0.3 is 0 Å². The Balaban J connectivity index is 2.15. The molecule has 0 amide bonds. The summed E-state index contributed by atoms with van der Waals surface area (Å²) in [5.74, 6) is 1.16. The molecule has 0 aliphatic carbocycles. The number of rotatable bonds is 6. The van der Waals surface area contributed by atoms with Crippen molar-refractivity contribution < 1.29 is 13.9 Å². The Morgan fingerprint density at radius 3 is 1.68 bits per heavy atom. The average molecular weight is 275 g/mol. The molecule has 2 aromatic rings. The van der Waals surface area contributed by atoms with Gasteiger partial charge in [0.25, 0.3) is 0 Å². The first-order valence-electron chi connectivity index (χ1n) is 5.93. The van der Waals surface area contributed by atoms with Crippen molar-refractivity contribution in [2.45, 2.75) is 0 Å². The normalized spacial score (nSPS) is 10.8. The van der Waals surface area contributed by atoms with E-state index in [-0.39, 0.29) is 6.16 Å². The maximum absolute atomic E-state index is 10.5. The topological polar surface area (TPSA) is 38.7 Å². The number of para-hydroxylation sites is 2. The lowest BCUT2D eigenvalue weighted by atomic mass is 10.3. The fourth-order valence-electron chi connectivity index (χ4n) is 1.55. The summed E-state index contributed by atoms with van der Waals surface area (Å²) >= 11 is 0. The summed E-state index contributed by atoms with van der Waals surface area (Å²) in [6.07, 6.45) is 1.86. The van der Waals surface area contributed by atoms with Gasteiger partial charge in [0, 0.05) is 0 Å². The van der Waals surface area contributed by atoms with E-state index in [0.29, 0.717) is 11.5 Å². The van der Waals surface area contributed by atoms with Gasteiger partial charge >= 0.3 is 7.94 Å². The lowest BCUT2D eigenvalue weighted by Gasteiger charge is -2.16. The monoisotopic (exact) mass is 275 g/mol. The van der Waals surface area contributed by atoms with Crippen molar-refractivity contribution in [3.05, 3.63) is 73.3 Å². The largest absolute Gasteiger partial charge is 0.498 e. The fourth-order valence-corrected chi connectivity index (χ4v) is 2.96. The zero-order valence-corrected chi connectivity index (χ0v) is 11.4. The molecule has 98 valence electrons. The molecule has 0 radical (unpaired) electrons. The van der Waals surface area contributed by atoms with E-state index in [1.807, 2.05) is 36.4 Å². The first-order valence-corrected chi connectivity index (χ1v) is 7.69. The van der Waals surface area contributed by atoms with Crippen LogP contribution in [0.3, 0.4) is 0 Å². The molecule has 3 nitrogen and oxygen atoms in total. The smallest absolute Gasteiger partial charge is 0.278 e. The van der Waals surface area contributed by atoms with Crippen LogP contribution in [0.15, 0.2) is 73.3 Å². The van der Waals surface area contributed by atoms with Crippen LogP contribution in [0.4, 0.5) is 0 Å². The molecule has 0 aliphatic heterocycles. The average Bonchev–Trinajstić information content (AvgIpc) is 2.41. The van der Waals surface area contributed by atoms with Crippen molar-refractivity contribution in [2.24, 2.45) is 0 Å². The number of allylic oxidation sites excluding steroid dienone is 1. The minimum Gasteiger partial charge on any atom is -0.278 e. The van der Waals surface area contributed by atoms with E-state index in [4.69, 9.17) is 9.05 Å². The van der Waals surface area contributed by atoms with Gasteiger partial charge in [-0.15, -0.1) is 0 Å². The highest BCUT2D eigenvalue weighted by Gasteiger charge is 2.42. The Hall–Kier alpha value is -1.83. The van der Waals surface area contributed by atoms with Crippen LogP contribution in [0, 0.1) is 0 Å². The second-order valence-electron chi connectivity index (χ2n) is 3.92. The molecule has 0 aromatic heterocycles. The molecule has 0 atom stereocenters. The molecule has 4 heteroatoms. The minimum atomic E-state index is -3.03. The molecule has 0 spiro atoms. The molecule has 1 N–H and O–H groups in total. The molecule has 0 heterocycles. The molecule has 2 rings (SSSR count). The van der Waals surface area contributed by atoms with E-state index < -0.39 is 7.94 Å². The fraction of sp³-hybridized carbons (Fsp3) is 0.0667. The summed E-state index contributed by atoms with van der Waals surface area (Å²) < 4.78 is 11.2. The van der Waals surface area contributed by atoms with Gasteiger partial charge in [-0.25, -0.2) is 0 Å². The summed E-state index contributed by atoms with van der Waals surface area (Å²) in [6, 6.07) is 18.3. The van der Waals surface area contributed by atoms with Gasteiger partial charge in [-0.1, -0.05) is 43.0 Å². The zero-order valence-electron chi connectivity index (χ0n) is 10.5. The lowest BCUT2D eigenvalue weighted by molar-refractivity contribution is 0.351. The Labute approximate surface area is 113 Å². The maximum atomic E-state index is 10.5. The molecule has 0 fully saturated rings. The summed E-state index contributed by atoms with van der Waals surface area (Å²) in [7, 11) is -3.03. The van der Waals surface area contributed by atoms with Gasteiger partial charge in [0.2, 0.25) is 0 Å². The second kappa shape index (κ2) is 6.37. The zero-order chi connectivity index (χ0) is 13.6. The molecule has 0 unspecified atom stereocenters. The molecular formula is C15H16O3P+. The predicted octanol–water partition coefficient (Wildman–Crippen LogP) is 4.09. The molecule has 19 heavy (non-hydrogen) atoms. The summed E-state index contributed by atoms with van der Waals surface area (Å²) in [4.78, 5) is 10.5. The van der Waals surface area contributed by atoms with Crippen LogP contribution >= 0.6 is 7.94 Å². The molecular weight excluding hydrogens is 259 g/mol. The van der Waals surface area contributed by atoms with Gasteiger partial charge in [0.1, 0.15) is 0 Å². The van der Waals surface area contributed by atoms with Crippen molar-refractivity contribution in [3.63, 3.8) is 0 Å². The van der Waals surface area contributed by atoms with Gasteiger partial charge in [0.05, 0.1) is 0 Å². The maximum Gasteiger partial charge on any atom is 0.498 e. The Morgan fingerprint density at radius 2 is 1.32 bits per heavy atom. The first-order chi connectivity index (χ1) is 9.22. The summed E-state index contributed by atoms with van der Waals surface area (Å²) in [6.45, 7) is 3.64. The number of benzene rings is 2. The van der Waals surface area contributed by atoms with Crippen LogP contribution in [0.25, 0.3) is 0 Å². The van der Waals surface area contributed by atoms with Crippen molar-refractivity contribution in [1.82, 2.24) is 0 Å². The Bertz CT molecular complexity index is 472. The number of hydrogen-bond donors (Lipinski definition) is 1. The van der Waals surface area contributed by atoms with Crippen LogP contribution in [0.1, 0.15) is 0 Å². The van der Waals surface area contributed by atoms with Gasteiger partial charge in [0.15, 0.2) is 17.7 Å². The Morgan fingerprint density at radius 1 is 0.895 bits per heavy atom. The van der Waals surface area contributed by atoms with Gasteiger partial charge in [-0.05, 0) is 30.3 Å². The van der Waals surface area contributed by atoms with Crippen molar-refractivity contribution in [2.75, 3.05) is 6.16 Å². The van der Waals surface area contributed by atoms with Crippen LogP contribution in [-0.4, -0.2) is 11.1 Å². The van der Waals surface area contributed by atoms with E-state index in [9.17, 15) is 4.89 Å². The highest BCUT2D eigenvalue weighted by atomic mass is 31.2. The molecule has 0 saturated heterocycles. The van der Waals surface area contributed by atoms with Crippen LogP contribution in [-0.2, 0) is 0 Å². The van der Waals surface area contributed by atoms with Crippen LogP contribution < -0.4 is 9.05 Å². The SMILES string of the molecule is C=CC[P+](O)(Oc1ccccc1)Oc1ccccc1. The third-order valence-corrected chi connectivity index (χ3v) is 4.05. The first kappa shape index (κ1) is 13.6. The highest BCUT2D eigenvalue weighted by molar-refractivity contribution is 7.61. The summed E-state index contributed by atoms with van der Waals surface area (Å²) in [5.41, 5.74) is 0. The third kappa shape index (κ3) is 4.09. The van der Waals surface area contributed by atoms with E-state index in [1.165, 1.54) is 0 Å². The quantitative estimate of drug-likeness (QED) is 0.637. The van der Waals surface area contributed by atoms with Crippen molar-refractivity contribution in [1.29, 1.82) is 0 Å². The van der Waals surface area contributed by atoms with Crippen LogP contribution in [0.5, 0.6) is 11.5 Å². The summed E-state index contributed by atoms with van der Waals surface area (Å²) in [5, 5.41) is 0.